The Kier molecular flexibility index (Phi) is 4.56. The SMILES string of the molecule is O=C1S/C(=C\c2cccc([N+](=O)[O-])c2)C(=O)N1CCBr. The van der Waals surface area contributed by atoms with E-state index < -0.39 is 4.92 Å². The van der Waals surface area contributed by atoms with Crippen molar-refractivity contribution in [3.8, 4) is 0 Å². The van der Waals surface area contributed by atoms with Gasteiger partial charge in [-0.1, -0.05) is 28.1 Å². The van der Waals surface area contributed by atoms with E-state index in [2.05, 4.69) is 15.9 Å². The van der Waals surface area contributed by atoms with Gasteiger partial charge >= 0.3 is 0 Å². The van der Waals surface area contributed by atoms with Crippen molar-refractivity contribution in [1.82, 2.24) is 4.90 Å². The highest BCUT2D eigenvalue weighted by molar-refractivity contribution is 9.09. The summed E-state index contributed by atoms with van der Waals surface area (Å²) in [6.07, 6.45) is 1.49. The van der Waals surface area contributed by atoms with Crippen molar-refractivity contribution < 1.29 is 14.5 Å². The van der Waals surface area contributed by atoms with Gasteiger partial charge in [0.2, 0.25) is 0 Å². The molecular weight excluding hydrogens is 348 g/mol. The molecule has 2 rings (SSSR count). The molecule has 0 spiro atoms. The van der Waals surface area contributed by atoms with Crippen LogP contribution in [-0.4, -0.2) is 32.8 Å². The molecule has 0 aliphatic carbocycles. The van der Waals surface area contributed by atoms with Crippen LogP contribution in [0.15, 0.2) is 29.2 Å². The number of amides is 2. The van der Waals surface area contributed by atoms with Crippen LogP contribution >= 0.6 is 27.7 Å². The van der Waals surface area contributed by atoms with Crippen LogP contribution in [0.5, 0.6) is 0 Å². The van der Waals surface area contributed by atoms with Gasteiger partial charge in [-0.3, -0.25) is 24.6 Å². The van der Waals surface area contributed by atoms with E-state index in [1.807, 2.05) is 0 Å². The minimum absolute atomic E-state index is 0.0570. The third kappa shape index (κ3) is 3.07. The summed E-state index contributed by atoms with van der Waals surface area (Å²) in [6, 6.07) is 5.91. The fourth-order valence-electron chi connectivity index (χ4n) is 1.66. The average Bonchev–Trinajstić information content (AvgIpc) is 2.67. The summed E-state index contributed by atoms with van der Waals surface area (Å²) in [7, 11) is 0. The number of rotatable bonds is 4. The first-order chi connectivity index (χ1) is 9.52. The van der Waals surface area contributed by atoms with Gasteiger partial charge in [0.05, 0.1) is 9.83 Å². The van der Waals surface area contributed by atoms with Gasteiger partial charge in [0, 0.05) is 24.0 Å². The van der Waals surface area contributed by atoms with Crippen LogP contribution in [0.25, 0.3) is 6.08 Å². The second-order valence-electron chi connectivity index (χ2n) is 3.87. The van der Waals surface area contributed by atoms with Crippen molar-refractivity contribution in [2.45, 2.75) is 0 Å². The van der Waals surface area contributed by atoms with E-state index in [-0.39, 0.29) is 21.7 Å². The lowest BCUT2D eigenvalue weighted by Crippen LogP contribution is -2.29. The minimum atomic E-state index is -0.506. The molecule has 1 aliphatic rings. The largest absolute Gasteiger partial charge is 0.293 e. The van der Waals surface area contributed by atoms with Crippen LogP contribution in [0.4, 0.5) is 10.5 Å². The van der Waals surface area contributed by atoms with E-state index in [9.17, 15) is 19.7 Å². The quantitative estimate of drug-likeness (QED) is 0.358. The van der Waals surface area contributed by atoms with E-state index >= 15 is 0 Å². The zero-order valence-electron chi connectivity index (χ0n) is 10.1. The number of nitro benzene ring substituents is 1. The Labute approximate surface area is 127 Å². The van der Waals surface area contributed by atoms with E-state index in [4.69, 9.17) is 0 Å². The predicted molar refractivity (Wildman–Crippen MR) is 79.6 cm³/mol. The molecule has 0 bridgehead atoms. The molecule has 2 amide bonds. The van der Waals surface area contributed by atoms with Crippen LogP contribution in [0, 0.1) is 10.1 Å². The van der Waals surface area contributed by atoms with Gasteiger partial charge < -0.3 is 0 Å². The van der Waals surface area contributed by atoms with Crippen molar-refractivity contribution in [2.24, 2.45) is 0 Å². The van der Waals surface area contributed by atoms with Crippen molar-refractivity contribution in [3.05, 3.63) is 44.8 Å². The summed E-state index contributed by atoms with van der Waals surface area (Å²) in [6.45, 7) is 0.303. The molecule has 0 N–H and O–H groups in total. The van der Waals surface area contributed by atoms with Crippen molar-refractivity contribution in [1.29, 1.82) is 0 Å². The molecule has 0 atom stereocenters. The molecule has 0 saturated carbocycles. The monoisotopic (exact) mass is 356 g/mol. The van der Waals surface area contributed by atoms with Crippen molar-refractivity contribution in [3.63, 3.8) is 0 Å². The van der Waals surface area contributed by atoms with Crippen LogP contribution in [0.2, 0.25) is 0 Å². The number of alkyl halides is 1. The number of benzene rings is 1. The molecule has 1 heterocycles. The Hall–Kier alpha value is -1.67. The molecular formula is C12H9BrN2O4S. The van der Waals surface area contributed by atoms with Crippen LogP contribution in [0.1, 0.15) is 5.56 Å². The van der Waals surface area contributed by atoms with E-state index in [0.717, 1.165) is 16.7 Å². The highest BCUT2D eigenvalue weighted by Gasteiger charge is 2.34. The van der Waals surface area contributed by atoms with E-state index in [1.165, 1.54) is 24.3 Å². The number of carbonyl (C=O) groups is 2. The first-order valence-electron chi connectivity index (χ1n) is 5.58. The smallest absolute Gasteiger partial charge is 0.268 e. The van der Waals surface area contributed by atoms with Gasteiger partial charge in [-0.15, -0.1) is 0 Å². The van der Waals surface area contributed by atoms with Gasteiger partial charge in [0.15, 0.2) is 0 Å². The Morgan fingerprint density at radius 1 is 1.40 bits per heavy atom. The van der Waals surface area contributed by atoms with Crippen molar-refractivity contribution >= 4 is 50.6 Å². The normalized spacial score (nSPS) is 17.1. The summed E-state index contributed by atoms with van der Waals surface area (Å²) in [5, 5.41) is 10.9. The third-order valence-corrected chi connectivity index (χ3v) is 3.82. The van der Waals surface area contributed by atoms with Crippen molar-refractivity contribution in [2.75, 3.05) is 11.9 Å². The number of hydrogen-bond donors (Lipinski definition) is 0. The van der Waals surface area contributed by atoms with Gasteiger partial charge in [-0.05, 0) is 23.4 Å². The minimum Gasteiger partial charge on any atom is -0.268 e. The Balaban J connectivity index is 2.28. The molecule has 1 fully saturated rings. The van der Waals surface area contributed by atoms with Gasteiger partial charge in [0.1, 0.15) is 0 Å². The summed E-state index contributed by atoms with van der Waals surface area (Å²) < 4.78 is 0. The highest BCUT2D eigenvalue weighted by Crippen LogP contribution is 2.32. The summed E-state index contributed by atoms with van der Waals surface area (Å²) in [5.41, 5.74) is 0.460. The van der Waals surface area contributed by atoms with E-state index in [0.29, 0.717) is 17.4 Å². The topological polar surface area (TPSA) is 80.5 Å². The lowest BCUT2D eigenvalue weighted by atomic mass is 10.2. The molecule has 8 heteroatoms. The first kappa shape index (κ1) is 14.7. The molecule has 0 radical (unpaired) electrons. The Morgan fingerprint density at radius 3 is 2.80 bits per heavy atom. The number of non-ortho nitro benzene ring substituents is 1. The molecule has 6 nitrogen and oxygen atoms in total. The number of thioether (sulfide) groups is 1. The highest BCUT2D eigenvalue weighted by atomic mass is 79.9. The summed E-state index contributed by atoms with van der Waals surface area (Å²) in [5.74, 6) is -0.369. The predicted octanol–water partition coefficient (Wildman–Crippen LogP) is 3.03. The molecule has 1 aromatic rings. The number of hydrogen-bond acceptors (Lipinski definition) is 5. The zero-order valence-corrected chi connectivity index (χ0v) is 12.5. The van der Waals surface area contributed by atoms with Crippen LogP contribution < -0.4 is 0 Å². The number of halogens is 1. The molecule has 1 saturated heterocycles. The molecule has 1 aliphatic heterocycles. The number of carbonyl (C=O) groups excluding carboxylic acids is 2. The van der Waals surface area contributed by atoms with Gasteiger partial charge in [-0.2, -0.15) is 0 Å². The maximum Gasteiger partial charge on any atom is 0.293 e. The zero-order chi connectivity index (χ0) is 14.7. The second kappa shape index (κ2) is 6.19. The Morgan fingerprint density at radius 2 is 2.15 bits per heavy atom. The molecule has 1 aromatic carbocycles. The standard InChI is InChI=1S/C12H9BrN2O4S/c13-4-5-14-11(16)10(20-12(14)17)7-8-2-1-3-9(6-8)15(18)19/h1-3,6-7H,4-5H2/b10-7-. The number of nitrogens with zero attached hydrogens (tertiary/aromatic N) is 2. The Bertz CT molecular complexity index is 617. The van der Waals surface area contributed by atoms with Crippen LogP contribution in [-0.2, 0) is 4.79 Å². The fraction of sp³-hybridized carbons (Fsp3) is 0.167. The fourth-order valence-corrected chi connectivity index (χ4v) is 2.88. The second-order valence-corrected chi connectivity index (χ2v) is 5.66. The molecule has 0 unspecified atom stereocenters. The molecule has 0 aromatic heterocycles. The summed E-state index contributed by atoms with van der Waals surface area (Å²) in [4.78, 5) is 35.2. The van der Waals surface area contributed by atoms with E-state index in [1.54, 1.807) is 6.07 Å². The van der Waals surface area contributed by atoms with Crippen LogP contribution in [0.3, 0.4) is 0 Å². The lowest BCUT2D eigenvalue weighted by molar-refractivity contribution is -0.384. The average molecular weight is 357 g/mol. The number of imide groups is 1. The third-order valence-electron chi connectivity index (χ3n) is 2.56. The maximum absolute atomic E-state index is 12.0. The maximum atomic E-state index is 12.0. The molecule has 104 valence electrons. The number of nitro groups is 1. The summed E-state index contributed by atoms with van der Waals surface area (Å²) >= 11 is 4.02. The lowest BCUT2D eigenvalue weighted by Gasteiger charge is -2.08. The van der Waals surface area contributed by atoms with Gasteiger partial charge in [0.25, 0.3) is 16.8 Å². The van der Waals surface area contributed by atoms with Gasteiger partial charge in [-0.25, -0.2) is 0 Å². The molecule has 20 heavy (non-hydrogen) atoms. The first-order valence-corrected chi connectivity index (χ1v) is 7.52.